The van der Waals surface area contributed by atoms with Crippen molar-refractivity contribution in [3.05, 3.63) is 12.7 Å². The van der Waals surface area contributed by atoms with Gasteiger partial charge in [0.1, 0.15) is 6.23 Å². The molecule has 0 rings (SSSR count). The topological polar surface area (TPSA) is 49.5 Å². The Morgan fingerprint density at radius 3 is 2.60 bits per heavy atom. The molecule has 1 unspecified atom stereocenters. The third-order valence-corrected chi connectivity index (χ3v) is 1.29. The van der Waals surface area contributed by atoms with E-state index in [2.05, 4.69) is 18.8 Å². The average Bonchev–Trinajstić information content (AvgIpc) is 1.81. The summed E-state index contributed by atoms with van der Waals surface area (Å²) >= 11 is 4.65. The van der Waals surface area contributed by atoms with E-state index < -0.39 is 6.23 Å². The molecule has 3 N–H and O–H groups in total. The Bertz CT molecular complexity index is 136. The van der Waals surface area contributed by atoms with Crippen molar-refractivity contribution in [1.82, 2.24) is 4.90 Å². The molecule has 10 heavy (non-hydrogen) atoms. The van der Waals surface area contributed by atoms with Gasteiger partial charge in [-0.05, 0) is 19.1 Å². The summed E-state index contributed by atoms with van der Waals surface area (Å²) in [6.07, 6.45) is 0.988. The number of rotatable bonds is 3. The molecular weight excluding hydrogens is 148 g/mol. The van der Waals surface area contributed by atoms with Gasteiger partial charge in [-0.25, -0.2) is 0 Å². The minimum absolute atomic E-state index is 0.190. The Labute approximate surface area is 66.1 Å². The number of aliphatic hydroxyl groups is 1. The maximum absolute atomic E-state index is 9.02. The van der Waals surface area contributed by atoms with Crippen LogP contribution in [0.5, 0.6) is 0 Å². The Morgan fingerprint density at radius 1 is 2.00 bits per heavy atom. The van der Waals surface area contributed by atoms with Crippen molar-refractivity contribution in [2.45, 2.75) is 13.2 Å². The van der Waals surface area contributed by atoms with E-state index in [1.807, 2.05) is 0 Å². The monoisotopic (exact) mass is 160 g/mol. The van der Waals surface area contributed by atoms with Gasteiger partial charge in [-0.3, -0.25) is 0 Å². The highest BCUT2D eigenvalue weighted by Crippen LogP contribution is 1.93. The van der Waals surface area contributed by atoms with Crippen molar-refractivity contribution in [3.63, 3.8) is 0 Å². The van der Waals surface area contributed by atoms with Crippen LogP contribution in [0.4, 0.5) is 0 Å². The standard InChI is InChI=1S/C6H12N2OS/c1-3-4-8(5(2)9)6(7)10/h3,5,9H,1,4H2,2H3,(H2,7,10). The van der Waals surface area contributed by atoms with Gasteiger partial charge in [-0.2, -0.15) is 0 Å². The van der Waals surface area contributed by atoms with Crippen LogP contribution in [0.3, 0.4) is 0 Å². The lowest BCUT2D eigenvalue weighted by Gasteiger charge is -2.23. The lowest BCUT2D eigenvalue weighted by Crippen LogP contribution is -2.41. The van der Waals surface area contributed by atoms with Gasteiger partial charge in [0.2, 0.25) is 0 Å². The molecule has 0 fully saturated rings. The van der Waals surface area contributed by atoms with E-state index in [4.69, 9.17) is 10.8 Å². The summed E-state index contributed by atoms with van der Waals surface area (Å²) in [7, 11) is 0. The molecule has 0 saturated carbocycles. The Balaban J connectivity index is 3.97. The highest BCUT2D eigenvalue weighted by Gasteiger charge is 2.08. The summed E-state index contributed by atoms with van der Waals surface area (Å²) in [6.45, 7) is 5.58. The third kappa shape index (κ3) is 2.80. The zero-order valence-corrected chi connectivity index (χ0v) is 6.77. The lowest BCUT2D eigenvalue weighted by atomic mass is 10.5. The highest BCUT2D eigenvalue weighted by atomic mass is 32.1. The number of hydrogen-bond acceptors (Lipinski definition) is 2. The maximum Gasteiger partial charge on any atom is 0.168 e. The molecule has 0 aliphatic rings. The molecule has 0 radical (unpaired) electrons. The smallest absolute Gasteiger partial charge is 0.168 e. The second-order valence-corrected chi connectivity index (χ2v) is 2.33. The van der Waals surface area contributed by atoms with Crippen molar-refractivity contribution in [3.8, 4) is 0 Å². The molecule has 0 aromatic carbocycles. The van der Waals surface area contributed by atoms with Crippen LogP contribution in [0.25, 0.3) is 0 Å². The van der Waals surface area contributed by atoms with Gasteiger partial charge in [0, 0.05) is 6.54 Å². The van der Waals surface area contributed by atoms with Gasteiger partial charge in [0.25, 0.3) is 0 Å². The van der Waals surface area contributed by atoms with Crippen molar-refractivity contribution in [2.24, 2.45) is 5.73 Å². The van der Waals surface area contributed by atoms with E-state index >= 15 is 0 Å². The van der Waals surface area contributed by atoms with Gasteiger partial charge >= 0.3 is 0 Å². The van der Waals surface area contributed by atoms with Crippen molar-refractivity contribution < 1.29 is 5.11 Å². The van der Waals surface area contributed by atoms with E-state index in [-0.39, 0.29) is 5.11 Å². The Kier molecular flexibility index (Phi) is 3.99. The van der Waals surface area contributed by atoms with Crippen LogP contribution in [0.1, 0.15) is 6.92 Å². The second-order valence-electron chi connectivity index (χ2n) is 1.91. The number of nitrogens with two attached hydrogens (primary N) is 1. The van der Waals surface area contributed by atoms with Crippen LogP contribution < -0.4 is 5.73 Å². The van der Waals surface area contributed by atoms with Crippen LogP contribution in [-0.2, 0) is 0 Å². The first-order valence-electron chi connectivity index (χ1n) is 2.94. The zero-order valence-electron chi connectivity index (χ0n) is 5.95. The lowest BCUT2D eigenvalue weighted by molar-refractivity contribution is 0.0792. The van der Waals surface area contributed by atoms with E-state index in [1.54, 1.807) is 13.0 Å². The number of nitrogens with zero attached hydrogens (tertiary/aromatic N) is 1. The van der Waals surface area contributed by atoms with Crippen LogP contribution in [-0.4, -0.2) is 27.9 Å². The molecule has 4 heteroatoms. The first-order valence-corrected chi connectivity index (χ1v) is 3.35. The average molecular weight is 160 g/mol. The van der Waals surface area contributed by atoms with Crippen LogP contribution in [0.2, 0.25) is 0 Å². The van der Waals surface area contributed by atoms with E-state index in [0.29, 0.717) is 6.54 Å². The summed E-state index contributed by atoms with van der Waals surface area (Å²) in [5.41, 5.74) is 5.27. The van der Waals surface area contributed by atoms with Gasteiger partial charge < -0.3 is 15.7 Å². The SMILES string of the molecule is C=CCN(C(N)=S)C(C)O. The molecule has 0 spiro atoms. The summed E-state index contributed by atoms with van der Waals surface area (Å²) in [6, 6.07) is 0. The first-order chi connectivity index (χ1) is 4.59. The van der Waals surface area contributed by atoms with Crippen molar-refractivity contribution >= 4 is 17.3 Å². The summed E-state index contributed by atoms with van der Waals surface area (Å²) in [5.74, 6) is 0. The van der Waals surface area contributed by atoms with Gasteiger partial charge in [-0.1, -0.05) is 6.08 Å². The van der Waals surface area contributed by atoms with E-state index in [9.17, 15) is 0 Å². The van der Waals surface area contributed by atoms with Crippen LogP contribution >= 0.6 is 12.2 Å². The fourth-order valence-electron chi connectivity index (χ4n) is 0.566. The van der Waals surface area contributed by atoms with E-state index in [0.717, 1.165) is 0 Å². The predicted molar refractivity (Wildman–Crippen MR) is 45.4 cm³/mol. The fraction of sp³-hybridized carbons (Fsp3) is 0.500. The Morgan fingerprint density at radius 2 is 2.50 bits per heavy atom. The molecule has 0 aromatic rings. The molecule has 1 atom stereocenters. The predicted octanol–water partition coefficient (Wildman–Crippen LogP) is 0.0563. The van der Waals surface area contributed by atoms with Crippen molar-refractivity contribution in [1.29, 1.82) is 0 Å². The number of aliphatic hydroxyl groups excluding tert-OH is 1. The quantitative estimate of drug-likeness (QED) is 0.348. The van der Waals surface area contributed by atoms with Crippen LogP contribution in [0, 0.1) is 0 Å². The molecule has 0 amide bonds. The Hall–Kier alpha value is -0.610. The molecule has 0 bridgehead atoms. The molecular formula is C6H12N2OS. The van der Waals surface area contributed by atoms with Gasteiger partial charge in [-0.15, -0.1) is 6.58 Å². The molecule has 0 aliphatic heterocycles. The summed E-state index contributed by atoms with van der Waals surface area (Å²) < 4.78 is 0. The minimum atomic E-state index is -0.643. The zero-order chi connectivity index (χ0) is 8.15. The summed E-state index contributed by atoms with van der Waals surface area (Å²) in [5, 5.41) is 9.21. The second kappa shape index (κ2) is 4.24. The largest absolute Gasteiger partial charge is 0.376 e. The fourth-order valence-corrected chi connectivity index (χ4v) is 0.793. The summed E-state index contributed by atoms with van der Waals surface area (Å²) in [4.78, 5) is 1.46. The molecule has 0 aromatic heterocycles. The van der Waals surface area contributed by atoms with Gasteiger partial charge in [0.05, 0.1) is 0 Å². The van der Waals surface area contributed by atoms with Crippen molar-refractivity contribution in [2.75, 3.05) is 6.54 Å². The van der Waals surface area contributed by atoms with E-state index in [1.165, 1.54) is 4.90 Å². The molecule has 58 valence electrons. The highest BCUT2D eigenvalue weighted by molar-refractivity contribution is 7.80. The minimum Gasteiger partial charge on any atom is -0.376 e. The molecule has 0 aliphatic carbocycles. The molecule has 3 nitrogen and oxygen atoms in total. The molecule has 0 saturated heterocycles. The maximum atomic E-state index is 9.02. The molecule has 0 heterocycles. The van der Waals surface area contributed by atoms with Crippen LogP contribution in [0.15, 0.2) is 12.7 Å². The van der Waals surface area contributed by atoms with Gasteiger partial charge in [0.15, 0.2) is 5.11 Å². The first kappa shape index (κ1) is 9.39. The number of hydrogen-bond donors (Lipinski definition) is 2. The number of thiocarbonyl (C=S) groups is 1. The third-order valence-electron chi connectivity index (χ3n) is 1.06. The normalized spacial score (nSPS) is 12.2.